The number of aromatic nitrogens is 2. The van der Waals surface area contributed by atoms with E-state index in [1.807, 2.05) is 29.7 Å². The Morgan fingerprint density at radius 2 is 2.04 bits per heavy atom. The molecule has 1 aromatic carbocycles. The zero-order chi connectivity index (χ0) is 19.0. The minimum atomic E-state index is -0.254. The lowest BCUT2D eigenvalue weighted by Crippen LogP contribution is -2.35. The molecule has 0 aliphatic carbocycles. The molecule has 140 valence electrons. The van der Waals surface area contributed by atoms with Gasteiger partial charge in [0.1, 0.15) is 17.2 Å². The average molecular weight is 367 g/mol. The predicted molar refractivity (Wildman–Crippen MR) is 101 cm³/mol. The van der Waals surface area contributed by atoms with Crippen LogP contribution >= 0.6 is 0 Å². The number of carbonyl (C=O) groups is 1. The van der Waals surface area contributed by atoms with Crippen LogP contribution in [0, 0.1) is 18.7 Å². The zero-order valence-electron chi connectivity index (χ0n) is 15.3. The molecule has 7 heteroatoms. The van der Waals surface area contributed by atoms with Crippen LogP contribution in [0.1, 0.15) is 27.7 Å². The molecular weight excluding hydrogens is 345 g/mol. The van der Waals surface area contributed by atoms with Crippen LogP contribution in [-0.2, 0) is 0 Å². The van der Waals surface area contributed by atoms with Crippen LogP contribution < -0.4 is 10.9 Å². The van der Waals surface area contributed by atoms with Crippen molar-refractivity contribution in [3.63, 3.8) is 0 Å². The number of rotatable bonds is 4. The molecular formula is C20H22FN5O. The Bertz CT molecular complexity index is 968. The highest BCUT2D eigenvalue weighted by Gasteiger charge is 2.30. The van der Waals surface area contributed by atoms with Gasteiger partial charge in [-0.3, -0.25) is 10.2 Å². The highest BCUT2D eigenvalue weighted by molar-refractivity contribution is 5.92. The number of pyridine rings is 1. The van der Waals surface area contributed by atoms with Crippen molar-refractivity contribution >= 4 is 11.6 Å². The molecule has 0 saturated carbocycles. The van der Waals surface area contributed by atoms with Crippen LogP contribution in [0.4, 0.5) is 4.39 Å². The van der Waals surface area contributed by atoms with Crippen LogP contribution in [0.2, 0.25) is 0 Å². The fourth-order valence-electron chi connectivity index (χ4n) is 3.57. The predicted octanol–water partition coefficient (Wildman–Crippen LogP) is 2.32. The summed E-state index contributed by atoms with van der Waals surface area (Å²) in [6.07, 6.45) is 3.72. The SMILES string of the molecule is Cc1ccc2nc(C(=O)N(C)CC3CNNC3c3ccc(F)cc3)cn2c1. The van der Waals surface area contributed by atoms with Crippen molar-refractivity contribution in [2.24, 2.45) is 5.92 Å². The number of nitrogens with zero attached hydrogens (tertiary/aromatic N) is 3. The smallest absolute Gasteiger partial charge is 0.273 e. The molecule has 1 saturated heterocycles. The van der Waals surface area contributed by atoms with Crippen molar-refractivity contribution in [1.82, 2.24) is 25.1 Å². The van der Waals surface area contributed by atoms with E-state index in [0.717, 1.165) is 23.3 Å². The highest BCUT2D eigenvalue weighted by atomic mass is 19.1. The molecule has 3 aromatic rings. The third kappa shape index (κ3) is 3.56. The van der Waals surface area contributed by atoms with Gasteiger partial charge in [0.2, 0.25) is 0 Å². The first kappa shape index (κ1) is 17.6. The quantitative estimate of drug-likeness (QED) is 0.743. The topological polar surface area (TPSA) is 61.7 Å². The van der Waals surface area contributed by atoms with Gasteiger partial charge in [-0.2, -0.15) is 0 Å². The van der Waals surface area contributed by atoms with Crippen molar-refractivity contribution in [1.29, 1.82) is 0 Å². The molecule has 1 amide bonds. The minimum Gasteiger partial charge on any atom is -0.340 e. The van der Waals surface area contributed by atoms with Gasteiger partial charge in [-0.05, 0) is 36.2 Å². The van der Waals surface area contributed by atoms with Crippen molar-refractivity contribution in [2.45, 2.75) is 13.0 Å². The molecule has 1 aliphatic heterocycles. The van der Waals surface area contributed by atoms with E-state index in [9.17, 15) is 9.18 Å². The number of carbonyl (C=O) groups excluding carboxylic acids is 1. The van der Waals surface area contributed by atoms with E-state index in [0.29, 0.717) is 12.2 Å². The van der Waals surface area contributed by atoms with E-state index in [1.54, 1.807) is 30.3 Å². The van der Waals surface area contributed by atoms with Crippen LogP contribution in [0.5, 0.6) is 0 Å². The summed E-state index contributed by atoms with van der Waals surface area (Å²) in [5.41, 5.74) is 9.66. The second-order valence-electron chi connectivity index (χ2n) is 7.10. The molecule has 1 fully saturated rings. The Kier molecular flexibility index (Phi) is 4.63. The van der Waals surface area contributed by atoms with Crippen molar-refractivity contribution < 1.29 is 9.18 Å². The summed E-state index contributed by atoms with van der Waals surface area (Å²) in [6.45, 7) is 3.29. The number of imidazole rings is 1. The number of hydrazine groups is 1. The molecule has 0 spiro atoms. The number of benzene rings is 1. The Morgan fingerprint density at radius 1 is 1.26 bits per heavy atom. The molecule has 3 heterocycles. The second kappa shape index (κ2) is 7.09. The van der Waals surface area contributed by atoms with Gasteiger partial charge in [0.15, 0.2) is 0 Å². The molecule has 0 radical (unpaired) electrons. The van der Waals surface area contributed by atoms with Crippen LogP contribution in [0.25, 0.3) is 5.65 Å². The second-order valence-corrected chi connectivity index (χ2v) is 7.10. The molecule has 4 rings (SSSR count). The lowest BCUT2D eigenvalue weighted by Gasteiger charge is -2.24. The number of hydrogen-bond acceptors (Lipinski definition) is 4. The van der Waals surface area contributed by atoms with Gasteiger partial charge in [-0.25, -0.2) is 14.8 Å². The summed E-state index contributed by atoms with van der Waals surface area (Å²) in [6, 6.07) is 10.4. The minimum absolute atomic E-state index is 0.0181. The van der Waals surface area contributed by atoms with E-state index >= 15 is 0 Å². The molecule has 1 aliphatic rings. The lowest BCUT2D eigenvalue weighted by atomic mass is 9.94. The summed E-state index contributed by atoms with van der Waals surface area (Å²) < 4.78 is 15.1. The molecule has 2 aromatic heterocycles. The maximum Gasteiger partial charge on any atom is 0.273 e. The number of aryl methyl sites for hydroxylation is 1. The van der Waals surface area contributed by atoms with Crippen molar-refractivity contribution in [3.8, 4) is 0 Å². The Balaban J connectivity index is 1.49. The standard InChI is InChI=1S/C20H22FN5O/c1-13-3-8-18-23-17(12-26(18)10-13)20(27)25(2)11-15-9-22-24-19(15)14-4-6-16(21)7-5-14/h3-8,10,12,15,19,22,24H,9,11H2,1-2H3. The summed E-state index contributed by atoms with van der Waals surface area (Å²) in [7, 11) is 1.79. The first-order valence-corrected chi connectivity index (χ1v) is 8.96. The van der Waals surface area contributed by atoms with Crippen LogP contribution in [-0.4, -0.2) is 40.3 Å². The maximum atomic E-state index is 13.2. The van der Waals surface area contributed by atoms with Gasteiger partial charge in [-0.15, -0.1) is 0 Å². The number of nitrogens with one attached hydrogen (secondary N) is 2. The summed E-state index contributed by atoms with van der Waals surface area (Å²) in [5, 5.41) is 0. The molecule has 2 N–H and O–H groups in total. The molecule has 27 heavy (non-hydrogen) atoms. The summed E-state index contributed by atoms with van der Waals surface area (Å²) in [5.74, 6) is -0.194. The normalized spacial score (nSPS) is 19.5. The van der Waals surface area contributed by atoms with Gasteiger partial charge in [0, 0.05) is 38.4 Å². The van der Waals surface area contributed by atoms with Gasteiger partial charge < -0.3 is 9.30 Å². The highest BCUT2D eigenvalue weighted by Crippen LogP contribution is 2.26. The van der Waals surface area contributed by atoms with E-state index in [2.05, 4.69) is 15.8 Å². The first-order chi connectivity index (χ1) is 13.0. The summed E-state index contributed by atoms with van der Waals surface area (Å²) >= 11 is 0. The Hall–Kier alpha value is -2.77. The first-order valence-electron chi connectivity index (χ1n) is 8.96. The van der Waals surface area contributed by atoms with Crippen molar-refractivity contribution in [2.75, 3.05) is 20.1 Å². The number of fused-ring (bicyclic) bond motifs is 1. The lowest BCUT2D eigenvalue weighted by molar-refractivity contribution is 0.0766. The molecule has 6 nitrogen and oxygen atoms in total. The number of hydrogen-bond donors (Lipinski definition) is 2. The van der Waals surface area contributed by atoms with E-state index in [-0.39, 0.29) is 23.7 Å². The van der Waals surface area contributed by atoms with Gasteiger partial charge >= 0.3 is 0 Å². The summed E-state index contributed by atoms with van der Waals surface area (Å²) in [4.78, 5) is 19.0. The zero-order valence-corrected chi connectivity index (χ0v) is 15.3. The van der Waals surface area contributed by atoms with Gasteiger partial charge in [0.05, 0.1) is 6.04 Å². The molecule has 2 unspecified atom stereocenters. The Labute approximate surface area is 157 Å². The maximum absolute atomic E-state index is 13.2. The van der Waals surface area contributed by atoms with Gasteiger partial charge in [0.25, 0.3) is 5.91 Å². The van der Waals surface area contributed by atoms with E-state index < -0.39 is 0 Å². The number of halogens is 1. The van der Waals surface area contributed by atoms with Crippen LogP contribution in [0.15, 0.2) is 48.8 Å². The fourth-order valence-corrected chi connectivity index (χ4v) is 3.57. The fraction of sp³-hybridized carbons (Fsp3) is 0.300. The van der Waals surface area contributed by atoms with E-state index in [4.69, 9.17) is 0 Å². The van der Waals surface area contributed by atoms with Crippen molar-refractivity contribution in [3.05, 3.63) is 71.4 Å². The molecule has 0 bridgehead atoms. The van der Waals surface area contributed by atoms with E-state index in [1.165, 1.54) is 12.1 Å². The van der Waals surface area contributed by atoms with Crippen LogP contribution in [0.3, 0.4) is 0 Å². The monoisotopic (exact) mass is 367 g/mol. The Morgan fingerprint density at radius 3 is 2.81 bits per heavy atom. The molecule has 2 atom stereocenters. The number of amides is 1. The third-order valence-corrected chi connectivity index (χ3v) is 5.00. The van der Waals surface area contributed by atoms with Gasteiger partial charge in [-0.1, -0.05) is 18.2 Å². The largest absolute Gasteiger partial charge is 0.340 e. The average Bonchev–Trinajstić information content (AvgIpc) is 3.28. The third-order valence-electron chi connectivity index (χ3n) is 5.00.